The van der Waals surface area contributed by atoms with E-state index in [9.17, 15) is 9.59 Å². The maximum atomic E-state index is 12.0. The summed E-state index contributed by atoms with van der Waals surface area (Å²) in [6.07, 6.45) is 1.12. The van der Waals surface area contributed by atoms with Crippen LogP contribution in [0.25, 0.3) is 0 Å². The van der Waals surface area contributed by atoms with Crippen molar-refractivity contribution in [1.82, 2.24) is 5.32 Å². The van der Waals surface area contributed by atoms with E-state index in [-0.39, 0.29) is 11.9 Å². The van der Waals surface area contributed by atoms with Gasteiger partial charge in [0.2, 0.25) is 0 Å². The maximum Gasteiger partial charge on any atom is 0.260 e. The molecule has 0 saturated carbocycles. The van der Waals surface area contributed by atoms with Crippen LogP contribution in [0.1, 0.15) is 48.7 Å². The maximum absolute atomic E-state index is 12.0. The minimum absolute atomic E-state index is 0.127. The number of aryl methyl sites for hydroxylation is 2. The number of ether oxygens (including phenoxy) is 1. The molecule has 0 saturated heterocycles. The van der Waals surface area contributed by atoms with Crippen LogP contribution in [0.2, 0.25) is 0 Å². The van der Waals surface area contributed by atoms with Gasteiger partial charge in [-0.1, -0.05) is 6.92 Å². The Morgan fingerprint density at radius 2 is 1.85 bits per heavy atom. The largest absolute Gasteiger partial charge is 0.480 e. The number of hydrogen-bond donors (Lipinski definition) is 1. The molecule has 0 bridgehead atoms. The minimum atomic E-state index is -0.566. The predicted molar refractivity (Wildman–Crippen MR) is 79.3 cm³/mol. The molecule has 0 fully saturated rings. The van der Waals surface area contributed by atoms with Crippen molar-refractivity contribution < 1.29 is 14.3 Å². The van der Waals surface area contributed by atoms with Crippen molar-refractivity contribution in [1.29, 1.82) is 0 Å². The number of carbonyl (C=O) groups excluding carboxylic acids is 2. The van der Waals surface area contributed by atoms with E-state index >= 15 is 0 Å². The van der Waals surface area contributed by atoms with E-state index in [2.05, 4.69) is 5.32 Å². The van der Waals surface area contributed by atoms with Gasteiger partial charge in [-0.3, -0.25) is 9.59 Å². The Morgan fingerprint density at radius 1 is 1.30 bits per heavy atom. The minimum Gasteiger partial charge on any atom is -0.480 e. The van der Waals surface area contributed by atoms with Crippen LogP contribution >= 0.6 is 0 Å². The Bertz CT molecular complexity index is 473. The quantitative estimate of drug-likeness (QED) is 0.813. The zero-order valence-corrected chi connectivity index (χ0v) is 12.8. The number of benzene rings is 1. The molecule has 0 aliphatic rings. The van der Waals surface area contributed by atoms with E-state index in [1.54, 1.807) is 19.1 Å². The number of nitrogens with one attached hydrogen (secondary N) is 1. The van der Waals surface area contributed by atoms with Crippen molar-refractivity contribution >= 4 is 12.2 Å². The highest BCUT2D eigenvalue weighted by Gasteiger charge is 2.18. The number of hydrogen-bond acceptors (Lipinski definition) is 3. The van der Waals surface area contributed by atoms with Gasteiger partial charge in [-0.25, -0.2) is 0 Å². The van der Waals surface area contributed by atoms with Crippen LogP contribution < -0.4 is 10.1 Å². The third-order valence-electron chi connectivity index (χ3n) is 3.28. The molecule has 4 heteroatoms. The van der Waals surface area contributed by atoms with E-state index in [0.717, 1.165) is 23.8 Å². The Kier molecular flexibility index (Phi) is 5.74. The van der Waals surface area contributed by atoms with E-state index in [4.69, 9.17) is 4.74 Å². The average molecular weight is 277 g/mol. The molecule has 0 aliphatic heterocycles. The summed E-state index contributed by atoms with van der Waals surface area (Å²) in [5.41, 5.74) is 2.33. The summed E-state index contributed by atoms with van der Waals surface area (Å²) in [5, 5.41) is 2.89. The molecular formula is C16H23NO3. The molecule has 1 N–H and O–H groups in total. The van der Waals surface area contributed by atoms with Gasteiger partial charge in [-0.15, -0.1) is 0 Å². The second-order valence-corrected chi connectivity index (χ2v) is 5.18. The van der Waals surface area contributed by atoms with E-state index in [1.807, 2.05) is 27.7 Å². The van der Waals surface area contributed by atoms with Crippen LogP contribution in [-0.4, -0.2) is 24.3 Å². The number of amides is 1. The Labute approximate surface area is 120 Å². The Balaban J connectivity index is 2.83. The molecule has 2 atom stereocenters. The van der Waals surface area contributed by atoms with Crippen molar-refractivity contribution in [2.24, 2.45) is 0 Å². The Hall–Kier alpha value is -1.84. The van der Waals surface area contributed by atoms with Gasteiger partial charge in [0.1, 0.15) is 12.0 Å². The SMILES string of the molecule is CCC(C)NC(=O)C(C)Oc1c(C)cc(C=O)cc1C. The third kappa shape index (κ3) is 4.08. The van der Waals surface area contributed by atoms with E-state index in [1.165, 1.54) is 0 Å². The molecule has 0 heterocycles. The lowest BCUT2D eigenvalue weighted by Crippen LogP contribution is -2.41. The van der Waals surface area contributed by atoms with Crippen LogP contribution in [-0.2, 0) is 4.79 Å². The molecule has 1 rings (SSSR count). The second kappa shape index (κ2) is 7.08. The molecule has 20 heavy (non-hydrogen) atoms. The van der Waals surface area contributed by atoms with Crippen LogP contribution in [0.5, 0.6) is 5.75 Å². The summed E-state index contributed by atoms with van der Waals surface area (Å²) in [6, 6.07) is 3.65. The van der Waals surface area contributed by atoms with Crippen molar-refractivity contribution in [2.45, 2.75) is 53.2 Å². The van der Waals surface area contributed by atoms with Crippen LogP contribution in [0.3, 0.4) is 0 Å². The number of rotatable bonds is 6. The highest BCUT2D eigenvalue weighted by Crippen LogP contribution is 2.25. The van der Waals surface area contributed by atoms with Crippen LogP contribution in [0.4, 0.5) is 0 Å². The lowest BCUT2D eigenvalue weighted by molar-refractivity contribution is -0.127. The van der Waals surface area contributed by atoms with E-state index < -0.39 is 6.10 Å². The first kappa shape index (κ1) is 16.2. The first-order valence-corrected chi connectivity index (χ1v) is 6.92. The van der Waals surface area contributed by atoms with E-state index in [0.29, 0.717) is 11.3 Å². The first-order valence-electron chi connectivity index (χ1n) is 6.92. The lowest BCUT2D eigenvalue weighted by atomic mass is 10.1. The molecule has 1 aromatic carbocycles. The molecule has 110 valence electrons. The van der Waals surface area contributed by atoms with Gasteiger partial charge in [0.15, 0.2) is 6.10 Å². The smallest absolute Gasteiger partial charge is 0.260 e. The molecule has 0 aromatic heterocycles. The normalized spacial score (nSPS) is 13.4. The predicted octanol–water partition coefficient (Wildman–Crippen LogP) is 2.80. The highest BCUT2D eigenvalue weighted by atomic mass is 16.5. The molecular weight excluding hydrogens is 254 g/mol. The number of carbonyl (C=O) groups is 2. The molecule has 1 aromatic rings. The Morgan fingerprint density at radius 3 is 2.30 bits per heavy atom. The fourth-order valence-corrected chi connectivity index (χ4v) is 1.93. The number of aldehydes is 1. The third-order valence-corrected chi connectivity index (χ3v) is 3.28. The second-order valence-electron chi connectivity index (χ2n) is 5.18. The van der Waals surface area contributed by atoms with Gasteiger partial charge >= 0.3 is 0 Å². The summed E-state index contributed by atoms with van der Waals surface area (Å²) in [7, 11) is 0. The fourth-order valence-electron chi connectivity index (χ4n) is 1.93. The summed E-state index contributed by atoms with van der Waals surface area (Å²) in [5.74, 6) is 0.542. The lowest BCUT2D eigenvalue weighted by Gasteiger charge is -2.20. The fraction of sp³-hybridized carbons (Fsp3) is 0.500. The van der Waals surface area contributed by atoms with Crippen molar-refractivity contribution in [3.8, 4) is 5.75 Å². The monoisotopic (exact) mass is 277 g/mol. The zero-order valence-electron chi connectivity index (χ0n) is 12.8. The van der Waals surface area contributed by atoms with Gasteiger partial charge in [-0.2, -0.15) is 0 Å². The topological polar surface area (TPSA) is 55.4 Å². The molecule has 4 nitrogen and oxygen atoms in total. The van der Waals surface area contributed by atoms with Gasteiger partial charge in [0, 0.05) is 11.6 Å². The molecule has 0 spiro atoms. The van der Waals surface area contributed by atoms with Crippen molar-refractivity contribution in [2.75, 3.05) is 0 Å². The van der Waals surface area contributed by atoms with Gasteiger partial charge < -0.3 is 10.1 Å². The summed E-state index contributed by atoms with van der Waals surface area (Å²) < 4.78 is 5.75. The summed E-state index contributed by atoms with van der Waals surface area (Å²) in [4.78, 5) is 22.8. The highest BCUT2D eigenvalue weighted by molar-refractivity contribution is 5.81. The van der Waals surface area contributed by atoms with Gasteiger partial charge in [0.05, 0.1) is 0 Å². The van der Waals surface area contributed by atoms with Crippen LogP contribution in [0.15, 0.2) is 12.1 Å². The van der Waals surface area contributed by atoms with Gasteiger partial charge in [0.25, 0.3) is 5.91 Å². The molecule has 1 amide bonds. The van der Waals surface area contributed by atoms with Crippen molar-refractivity contribution in [3.05, 3.63) is 28.8 Å². The average Bonchev–Trinajstić information content (AvgIpc) is 2.41. The molecule has 2 unspecified atom stereocenters. The molecule has 0 aliphatic carbocycles. The molecule has 0 radical (unpaired) electrons. The zero-order chi connectivity index (χ0) is 15.3. The van der Waals surface area contributed by atoms with Gasteiger partial charge in [-0.05, 0) is 57.4 Å². The summed E-state index contributed by atoms with van der Waals surface area (Å²) in [6.45, 7) is 9.44. The standard InChI is InChI=1S/C16H23NO3/c1-6-12(4)17-16(19)13(5)20-15-10(2)7-14(9-18)8-11(15)3/h7-9,12-13H,6H2,1-5H3,(H,17,19). The van der Waals surface area contributed by atoms with Crippen LogP contribution in [0, 0.1) is 13.8 Å². The first-order chi connectivity index (χ1) is 9.38. The summed E-state index contributed by atoms with van der Waals surface area (Å²) >= 11 is 0. The van der Waals surface area contributed by atoms with Crippen molar-refractivity contribution in [3.63, 3.8) is 0 Å².